The summed E-state index contributed by atoms with van der Waals surface area (Å²) in [5.74, 6) is -1.75. The normalized spacial score (nSPS) is 16.6. The molecule has 10 heteroatoms. The lowest BCUT2D eigenvalue weighted by atomic mass is 10.0. The first-order valence-corrected chi connectivity index (χ1v) is 14.2. The van der Waals surface area contributed by atoms with E-state index in [4.69, 9.17) is 0 Å². The Morgan fingerprint density at radius 3 is 2.66 bits per heavy atom. The molecule has 3 N–H and O–H groups in total. The molecule has 0 bridgehead atoms. The van der Waals surface area contributed by atoms with Gasteiger partial charge in [0.25, 0.3) is 11.8 Å². The van der Waals surface area contributed by atoms with Crippen molar-refractivity contribution in [2.45, 2.75) is 30.4 Å². The van der Waals surface area contributed by atoms with Gasteiger partial charge in [-0.1, -0.05) is 18.2 Å². The fourth-order valence-electron chi connectivity index (χ4n) is 4.89. The van der Waals surface area contributed by atoms with Crippen LogP contribution in [-0.4, -0.2) is 56.3 Å². The summed E-state index contributed by atoms with van der Waals surface area (Å²) in [6.45, 7) is 5.21. The van der Waals surface area contributed by atoms with E-state index in [-0.39, 0.29) is 21.9 Å². The molecule has 198 valence electrons. The number of nitrogens with one attached hydrogen (secondary N) is 3. The first-order valence-electron chi connectivity index (χ1n) is 12.5. The monoisotopic (exact) mass is 536 g/mol. The minimum absolute atomic E-state index is 0.0237. The van der Waals surface area contributed by atoms with Crippen molar-refractivity contribution in [1.82, 2.24) is 15.2 Å². The molecule has 0 spiro atoms. The molecule has 2 aliphatic rings. The van der Waals surface area contributed by atoms with Crippen LogP contribution in [0.4, 0.5) is 10.1 Å². The lowest BCUT2D eigenvalue weighted by Gasteiger charge is -2.14. The van der Waals surface area contributed by atoms with Crippen LogP contribution < -0.4 is 10.6 Å². The summed E-state index contributed by atoms with van der Waals surface area (Å²) in [5, 5.41) is 5.70. The Balaban J connectivity index is 1.41. The number of aryl methyl sites for hydroxylation is 1. The molecular formula is C28H29FN4O4S. The zero-order valence-corrected chi connectivity index (χ0v) is 21.8. The van der Waals surface area contributed by atoms with Crippen LogP contribution >= 0.6 is 0 Å². The second-order valence-corrected chi connectivity index (χ2v) is 11.6. The Morgan fingerprint density at radius 1 is 1.13 bits per heavy atom. The number of hydrogen-bond donors (Lipinski definition) is 3. The fraction of sp³-hybridized carbons (Fsp3) is 0.286. The minimum atomic E-state index is -3.89. The van der Waals surface area contributed by atoms with E-state index in [1.165, 1.54) is 49.2 Å². The number of carbonyl (C=O) groups is 2. The summed E-state index contributed by atoms with van der Waals surface area (Å²) < 4.78 is 40.3. The molecule has 0 saturated carbocycles. The van der Waals surface area contributed by atoms with Gasteiger partial charge in [0.2, 0.25) is 0 Å². The Morgan fingerprint density at radius 2 is 1.89 bits per heavy atom. The Kier molecular flexibility index (Phi) is 7.18. The molecule has 0 atom stereocenters. The van der Waals surface area contributed by atoms with Gasteiger partial charge in [0, 0.05) is 35.6 Å². The molecule has 3 heterocycles. The van der Waals surface area contributed by atoms with Crippen LogP contribution in [0.3, 0.4) is 0 Å². The highest BCUT2D eigenvalue weighted by atomic mass is 32.2. The number of sulfone groups is 1. The molecule has 8 nitrogen and oxygen atoms in total. The molecule has 1 saturated heterocycles. The summed E-state index contributed by atoms with van der Waals surface area (Å²) in [5.41, 5.74) is 2.78. The van der Waals surface area contributed by atoms with Crippen LogP contribution in [0, 0.1) is 12.7 Å². The molecule has 5 rings (SSSR count). The molecule has 0 radical (unpaired) electrons. The summed E-state index contributed by atoms with van der Waals surface area (Å²) in [6.07, 6.45) is 3.92. The summed E-state index contributed by atoms with van der Waals surface area (Å²) >= 11 is 0. The van der Waals surface area contributed by atoms with Gasteiger partial charge in [0.15, 0.2) is 9.84 Å². The molecular weight excluding hydrogens is 507 g/mol. The Labute approximate surface area is 220 Å². The molecule has 2 amide bonds. The zero-order valence-electron chi connectivity index (χ0n) is 21.0. The van der Waals surface area contributed by atoms with Crippen molar-refractivity contribution < 1.29 is 22.4 Å². The van der Waals surface area contributed by atoms with Gasteiger partial charge in [-0.3, -0.25) is 9.59 Å². The van der Waals surface area contributed by atoms with Crippen LogP contribution in [-0.2, 0) is 20.4 Å². The zero-order chi connectivity index (χ0) is 26.9. The van der Waals surface area contributed by atoms with Crippen LogP contribution in [0.5, 0.6) is 0 Å². The number of likely N-dealkylation sites (tertiary alicyclic amines) is 1. The quantitative estimate of drug-likeness (QED) is 0.380. The van der Waals surface area contributed by atoms with Crippen LogP contribution in [0.1, 0.15) is 45.7 Å². The summed E-state index contributed by atoms with van der Waals surface area (Å²) in [4.78, 5) is 31.2. The van der Waals surface area contributed by atoms with Crippen LogP contribution in [0.15, 0.2) is 53.4 Å². The highest BCUT2D eigenvalue weighted by molar-refractivity contribution is 7.90. The van der Waals surface area contributed by atoms with Crippen LogP contribution in [0.25, 0.3) is 11.6 Å². The lowest BCUT2D eigenvalue weighted by Crippen LogP contribution is -2.33. The topological polar surface area (TPSA) is 111 Å². The third-order valence-electron chi connectivity index (χ3n) is 6.86. The largest absolute Gasteiger partial charge is 0.358 e. The number of rotatable bonds is 8. The predicted molar refractivity (Wildman–Crippen MR) is 144 cm³/mol. The molecule has 0 aliphatic carbocycles. The van der Waals surface area contributed by atoms with Crippen molar-refractivity contribution >= 4 is 39.0 Å². The standard InChI is InChI=1S/C28H29FN4O4S/c1-18-14-23(27(34)30-10-13-33-11-4-5-12-33)26(31-18)16-22-21-15-20(8-9-25(21)32-28(22)35)38(36,37)17-19-6-2-3-7-24(19)29/h2-3,6-9,14-16,31H,4-5,10-13,17H2,1H3,(H,30,34)(H,32,35)/b22-16-. The molecule has 38 heavy (non-hydrogen) atoms. The first kappa shape index (κ1) is 25.9. The Hall–Kier alpha value is -3.76. The van der Waals surface area contributed by atoms with Gasteiger partial charge >= 0.3 is 0 Å². The van der Waals surface area contributed by atoms with E-state index in [1.54, 1.807) is 18.2 Å². The van der Waals surface area contributed by atoms with Gasteiger partial charge in [-0.05, 0) is 69.3 Å². The van der Waals surface area contributed by atoms with Crippen molar-refractivity contribution in [1.29, 1.82) is 0 Å². The second kappa shape index (κ2) is 10.5. The number of nitrogens with zero attached hydrogens (tertiary/aromatic N) is 1. The maximum absolute atomic E-state index is 14.1. The van der Waals surface area contributed by atoms with Crippen molar-refractivity contribution in [2.24, 2.45) is 0 Å². The van der Waals surface area contributed by atoms with E-state index in [0.717, 1.165) is 25.3 Å². The van der Waals surface area contributed by atoms with Gasteiger partial charge in [0.05, 0.1) is 27.5 Å². The number of aromatic nitrogens is 1. The highest BCUT2D eigenvalue weighted by Gasteiger charge is 2.28. The lowest BCUT2D eigenvalue weighted by molar-refractivity contribution is -0.110. The highest BCUT2D eigenvalue weighted by Crippen LogP contribution is 2.36. The molecule has 1 fully saturated rings. The maximum Gasteiger partial charge on any atom is 0.256 e. The average Bonchev–Trinajstić information content (AvgIpc) is 3.60. The second-order valence-electron chi connectivity index (χ2n) is 9.65. The van der Waals surface area contributed by atoms with Gasteiger partial charge < -0.3 is 20.5 Å². The predicted octanol–water partition coefficient (Wildman–Crippen LogP) is 3.75. The summed E-state index contributed by atoms with van der Waals surface area (Å²) in [7, 11) is -3.89. The van der Waals surface area contributed by atoms with Gasteiger partial charge in [-0.15, -0.1) is 0 Å². The molecule has 3 aromatic rings. The third-order valence-corrected chi connectivity index (χ3v) is 8.53. The molecule has 2 aliphatic heterocycles. The SMILES string of the molecule is Cc1cc(C(=O)NCCN2CCCC2)c(/C=C2\C(=O)Nc3ccc(S(=O)(=O)Cc4ccccc4F)cc32)[nH]1. The van der Waals surface area contributed by atoms with Crippen molar-refractivity contribution in [2.75, 3.05) is 31.5 Å². The fourth-order valence-corrected chi connectivity index (χ4v) is 6.28. The average molecular weight is 537 g/mol. The number of H-pyrrole nitrogens is 1. The molecule has 2 aromatic carbocycles. The van der Waals surface area contributed by atoms with Crippen LogP contribution in [0.2, 0.25) is 0 Å². The smallest absolute Gasteiger partial charge is 0.256 e. The van der Waals surface area contributed by atoms with E-state index in [0.29, 0.717) is 29.1 Å². The number of amides is 2. The number of hydrogen-bond acceptors (Lipinski definition) is 5. The molecule has 1 aromatic heterocycles. The number of carbonyl (C=O) groups excluding carboxylic acids is 2. The Bertz CT molecular complexity index is 1540. The number of anilines is 1. The van der Waals surface area contributed by atoms with Crippen molar-refractivity contribution in [3.63, 3.8) is 0 Å². The molecule has 0 unspecified atom stereocenters. The van der Waals surface area contributed by atoms with E-state index >= 15 is 0 Å². The number of aromatic amines is 1. The van der Waals surface area contributed by atoms with Crippen molar-refractivity contribution in [3.8, 4) is 0 Å². The maximum atomic E-state index is 14.1. The third kappa shape index (κ3) is 5.41. The van der Waals surface area contributed by atoms with E-state index in [9.17, 15) is 22.4 Å². The van der Waals surface area contributed by atoms with E-state index in [2.05, 4.69) is 20.5 Å². The van der Waals surface area contributed by atoms with E-state index in [1.807, 2.05) is 6.92 Å². The van der Waals surface area contributed by atoms with E-state index < -0.39 is 27.3 Å². The van der Waals surface area contributed by atoms with Crippen molar-refractivity contribution in [3.05, 3.63) is 82.4 Å². The minimum Gasteiger partial charge on any atom is -0.358 e. The number of halogens is 1. The van der Waals surface area contributed by atoms with Gasteiger partial charge in [0.1, 0.15) is 5.82 Å². The van der Waals surface area contributed by atoms with Gasteiger partial charge in [-0.2, -0.15) is 0 Å². The summed E-state index contributed by atoms with van der Waals surface area (Å²) in [6, 6.07) is 11.8. The first-order chi connectivity index (χ1) is 18.2. The number of fused-ring (bicyclic) bond motifs is 1. The van der Waals surface area contributed by atoms with Gasteiger partial charge in [-0.25, -0.2) is 12.8 Å². The number of benzene rings is 2.